The van der Waals surface area contributed by atoms with Gasteiger partial charge in [-0.15, -0.1) is 0 Å². The van der Waals surface area contributed by atoms with E-state index in [0.29, 0.717) is 16.9 Å². The van der Waals surface area contributed by atoms with Gasteiger partial charge in [0.1, 0.15) is 0 Å². The van der Waals surface area contributed by atoms with Gasteiger partial charge in [0.05, 0.1) is 0 Å². The summed E-state index contributed by atoms with van der Waals surface area (Å²) in [5.74, 6) is 2.56. The van der Waals surface area contributed by atoms with Gasteiger partial charge in [0, 0.05) is 0 Å². The molecule has 1 N–H and O–H groups in total. The summed E-state index contributed by atoms with van der Waals surface area (Å²) in [6.45, 7) is 12.4. The molecule has 0 saturated heterocycles. The zero-order valence-electron chi connectivity index (χ0n) is 29.1. The van der Waals surface area contributed by atoms with Crippen LogP contribution < -0.4 is 12.1 Å². The number of allylic oxidation sites excluding steroid dienone is 4. The Morgan fingerprint density at radius 1 is 0.617 bits per heavy atom. The Morgan fingerprint density at radius 2 is 1.06 bits per heavy atom. The minimum absolute atomic E-state index is 0.415. The van der Waals surface area contributed by atoms with Gasteiger partial charge in [-0.2, -0.15) is 0 Å². The van der Waals surface area contributed by atoms with Crippen LogP contribution in [0.25, 0.3) is 11.1 Å². The fourth-order valence-electron chi connectivity index (χ4n) is 10.3. The standard InChI is InChI=1S/C12H11Ge.C12H10.C11H18N.C9H13.Zr/c1-3-7-11(8-4-1)13-12-9-5-2-6-10-12;1-3-7-11(8-4-1)12-9-5-2-6-10-12;1-10-3-8-2-9(4-10)6-11(12,5-8)7-10;1-6-5-7(2)9(4)8(6)3;/h1-10,13H;1-10H;8-9,12H,2-7H2,1H3;6H,1-4H3;/q;;-1;;+1. The minimum Gasteiger partial charge on any atom is -0.0622 e. The SMILES string of the molecule is CC1=C(C)C(C)[C]([Zr]([NH]C23CC4CC(CC(C)(C4)C2)C3)[GeH]([c]2ccccc2)[c]2ccccc2)=C1C.c1ccc(-c2ccccc2)cc1. The summed E-state index contributed by atoms with van der Waals surface area (Å²) < 4.78 is 10.2. The number of hydrogen-bond acceptors (Lipinski definition) is 1. The third-order valence-corrected chi connectivity index (χ3v) is 44.7. The summed E-state index contributed by atoms with van der Waals surface area (Å²) in [7, 11) is -2.07. The topological polar surface area (TPSA) is 12.0 Å². The molecule has 3 heteroatoms. The van der Waals surface area contributed by atoms with Gasteiger partial charge in [-0.1, -0.05) is 60.7 Å². The Hall–Kier alpha value is -2.25. The van der Waals surface area contributed by atoms with Crippen molar-refractivity contribution in [2.45, 2.75) is 78.7 Å². The maximum Gasteiger partial charge on any atom is -0.0184 e. The second-order valence-corrected chi connectivity index (χ2v) is 38.8. The van der Waals surface area contributed by atoms with Crippen molar-refractivity contribution in [3.63, 3.8) is 0 Å². The number of nitrogens with one attached hydrogen (secondary N) is 1. The third-order valence-electron chi connectivity index (χ3n) is 12.1. The smallest absolute Gasteiger partial charge is 0.0184 e. The molecule has 4 fully saturated rings. The van der Waals surface area contributed by atoms with E-state index in [1.54, 1.807) is 25.5 Å². The van der Waals surface area contributed by atoms with E-state index < -0.39 is 30.1 Å². The van der Waals surface area contributed by atoms with Crippen LogP contribution in [0.5, 0.6) is 0 Å². The summed E-state index contributed by atoms with van der Waals surface area (Å²) in [6.07, 6.45) is 8.83. The summed E-state index contributed by atoms with van der Waals surface area (Å²) in [5, 5.41) is 0. The van der Waals surface area contributed by atoms with Gasteiger partial charge in [0.25, 0.3) is 0 Å². The molecule has 5 aliphatic carbocycles. The molecular weight excluding hydrogens is 706 g/mol. The van der Waals surface area contributed by atoms with Gasteiger partial charge in [-0.3, -0.25) is 0 Å². The molecule has 5 aliphatic rings. The van der Waals surface area contributed by atoms with Crippen molar-refractivity contribution in [3.8, 4) is 11.1 Å². The Bertz CT molecular complexity index is 1640. The van der Waals surface area contributed by atoms with Crippen molar-refractivity contribution in [1.82, 2.24) is 3.26 Å². The molecule has 0 heterocycles. The third kappa shape index (κ3) is 6.95. The van der Waals surface area contributed by atoms with Crippen LogP contribution in [-0.4, -0.2) is 16.1 Å². The second-order valence-electron chi connectivity index (χ2n) is 15.6. The van der Waals surface area contributed by atoms with Crippen molar-refractivity contribution in [1.29, 1.82) is 0 Å². The summed E-state index contributed by atoms with van der Waals surface area (Å²) in [4.78, 5) is 0. The molecule has 0 aliphatic heterocycles. The molecule has 4 bridgehead atoms. The van der Waals surface area contributed by atoms with Gasteiger partial charge in [-0.05, 0) is 11.1 Å². The van der Waals surface area contributed by atoms with Crippen molar-refractivity contribution >= 4 is 19.4 Å². The first-order valence-electron chi connectivity index (χ1n) is 18.0. The number of benzene rings is 4. The van der Waals surface area contributed by atoms with E-state index in [4.69, 9.17) is 3.26 Å². The Kier molecular flexibility index (Phi) is 9.86. The molecule has 0 amide bonds. The molecule has 9 rings (SSSR count). The van der Waals surface area contributed by atoms with Gasteiger partial charge in [0.15, 0.2) is 0 Å². The van der Waals surface area contributed by atoms with Crippen LogP contribution in [0.1, 0.15) is 73.1 Å². The monoisotopic (exact) mass is 758 g/mol. The first-order chi connectivity index (χ1) is 22.7. The molecule has 3 unspecified atom stereocenters. The van der Waals surface area contributed by atoms with E-state index in [1.165, 1.54) is 49.7 Å². The molecule has 0 aromatic heterocycles. The molecule has 4 aromatic rings. The Labute approximate surface area is 294 Å². The Balaban J connectivity index is 0.000000245. The van der Waals surface area contributed by atoms with E-state index in [9.17, 15) is 0 Å². The van der Waals surface area contributed by atoms with Gasteiger partial charge < -0.3 is 0 Å². The summed E-state index contributed by atoms with van der Waals surface area (Å²) >= 11 is -2.27. The van der Waals surface area contributed by atoms with Gasteiger partial charge in [-0.25, -0.2) is 0 Å². The van der Waals surface area contributed by atoms with Crippen LogP contribution in [0.2, 0.25) is 0 Å². The van der Waals surface area contributed by atoms with Gasteiger partial charge >= 0.3 is 225 Å². The molecule has 1 nitrogen and oxygen atoms in total. The quantitative estimate of drug-likeness (QED) is 0.185. The molecular formula is C44H52GeNZr. The van der Waals surface area contributed by atoms with Crippen molar-refractivity contribution in [2.24, 2.45) is 23.2 Å². The maximum absolute atomic E-state index is 4.82. The van der Waals surface area contributed by atoms with E-state index in [0.717, 1.165) is 11.8 Å². The van der Waals surface area contributed by atoms with Crippen LogP contribution in [0.4, 0.5) is 0 Å². The first-order valence-corrected chi connectivity index (χ1v) is 31.5. The van der Waals surface area contributed by atoms with Crippen molar-refractivity contribution in [3.05, 3.63) is 141 Å². The maximum atomic E-state index is 4.82. The van der Waals surface area contributed by atoms with Crippen LogP contribution >= 0.6 is 0 Å². The van der Waals surface area contributed by atoms with Crippen LogP contribution in [0, 0.1) is 23.2 Å². The fraction of sp³-hybridized carbons (Fsp3) is 0.364. The average molecular weight is 759 g/mol. The molecule has 241 valence electrons. The van der Waals surface area contributed by atoms with Crippen LogP contribution in [0.3, 0.4) is 0 Å². The Morgan fingerprint density at radius 3 is 1.47 bits per heavy atom. The van der Waals surface area contributed by atoms with Crippen LogP contribution in [-0.2, 0) is 19.5 Å². The normalized spacial score (nSPS) is 27.7. The molecule has 4 saturated carbocycles. The van der Waals surface area contributed by atoms with Gasteiger partial charge in [0.2, 0.25) is 0 Å². The summed E-state index contributed by atoms with van der Waals surface area (Å²) in [6, 6.07) is 44.4. The number of hydrogen-bond donors (Lipinski definition) is 1. The van der Waals surface area contributed by atoms with E-state index in [-0.39, 0.29) is 0 Å². The number of rotatable bonds is 7. The largest absolute Gasteiger partial charge is 0.0622 e. The predicted octanol–water partition coefficient (Wildman–Crippen LogP) is 9.62. The van der Waals surface area contributed by atoms with E-state index >= 15 is 0 Å². The van der Waals surface area contributed by atoms with Crippen LogP contribution in [0.15, 0.2) is 141 Å². The zero-order chi connectivity index (χ0) is 32.6. The molecule has 4 aromatic carbocycles. The predicted molar refractivity (Wildman–Crippen MR) is 200 cm³/mol. The van der Waals surface area contributed by atoms with E-state index in [1.807, 2.05) is 15.4 Å². The van der Waals surface area contributed by atoms with E-state index in [2.05, 4.69) is 144 Å². The molecule has 0 spiro atoms. The zero-order valence-corrected chi connectivity index (χ0v) is 34.0. The minimum atomic E-state index is -2.27. The van der Waals surface area contributed by atoms with Crippen molar-refractivity contribution < 1.29 is 19.5 Å². The molecule has 0 radical (unpaired) electrons. The first kappa shape index (κ1) is 33.3. The second kappa shape index (κ2) is 13.9. The molecule has 3 atom stereocenters. The summed E-state index contributed by atoms with van der Waals surface area (Å²) in [5.41, 5.74) is 8.44. The van der Waals surface area contributed by atoms with Crippen molar-refractivity contribution in [2.75, 3.05) is 0 Å². The average Bonchev–Trinajstić information content (AvgIpc) is 3.27. The fourth-order valence-corrected chi connectivity index (χ4v) is 50.5. The molecule has 47 heavy (non-hydrogen) atoms.